The van der Waals surface area contributed by atoms with Crippen LogP contribution >= 0.6 is 11.6 Å². The van der Waals surface area contributed by atoms with Crippen molar-refractivity contribution in [2.75, 3.05) is 0 Å². The monoisotopic (exact) mass is 253 g/mol. The molecule has 1 nitrogen and oxygen atoms in total. The van der Waals surface area contributed by atoms with Gasteiger partial charge in [-0.05, 0) is 47.4 Å². The molecule has 0 bridgehead atoms. The van der Waals surface area contributed by atoms with E-state index in [-0.39, 0.29) is 0 Å². The molecule has 0 saturated heterocycles. The lowest BCUT2D eigenvalue weighted by Crippen LogP contribution is -1.84. The van der Waals surface area contributed by atoms with Crippen molar-refractivity contribution < 1.29 is 0 Å². The Balaban J connectivity index is 1.84. The van der Waals surface area contributed by atoms with E-state index in [1.165, 1.54) is 16.7 Å². The van der Waals surface area contributed by atoms with E-state index in [0.29, 0.717) is 0 Å². The maximum Gasteiger partial charge on any atom is 0.0630 e. The van der Waals surface area contributed by atoms with E-state index in [4.69, 9.17) is 11.6 Å². The molecular weight excluding hydrogens is 242 g/mol. The number of rotatable bonds is 2. The fraction of sp³-hybridized carbons (Fsp3) is 0.0625. The van der Waals surface area contributed by atoms with Gasteiger partial charge >= 0.3 is 0 Å². The Morgan fingerprint density at radius 3 is 2.61 bits per heavy atom. The van der Waals surface area contributed by atoms with Crippen LogP contribution in [0, 0.1) is 0 Å². The fourth-order valence-electron chi connectivity index (χ4n) is 2.10. The number of nitrogens with zero attached hydrogens (tertiary/aromatic N) is 1. The zero-order chi connectivity index (χ0) is 12.4. The normalized spacial score (nSPS) is 13.7. The highest BCUT2D eigenvalue weighted by Crippen LogP contribution is 2.26. The highest BCUT2D eigenvalue weighted by molar-refractivity contribution is 6.30. The Morgan fingerprint density at radius 2 is 1.78 bits per heavy atom. The molecule has 0 aromatic heterocycles. The zero-order valence-electron chi connectivity index (χ0n) is 9.81. The average molecular weight is 254 g/mol. The van der Waals surface area contributed by atoms with Crippen molar-refractivity contribution in [2.45, 2.75) is 6.42 Å². The van der Waals surface area contributed by atoms with Crippen molar-refractivity contribution in [3.8, 4) is 0 Å². The molecule has 18 heavy (non-hydrogen) atoms. The molecular formula is C16H12ClN. The third-order valence-electron chi connectivity index (χ3n) is 3.05. The number of benzene rings is 2. The summed E-state index contributed by atoms with van der Waals surface area (Å²) in [5.41, 5.74) is 4.77. The van der Waals surface area contributed by atoms with Gasteiger partial charge in [0.05, 0.1) is 5.69 Å². The lowest BCUT2D eigenvalue weighted by atomic mass is 10.1. The van der Waals surface area contributed by atoms with E-state index in [9.17, 15) is 0 Å². The average Bonchev–Trinajstić information content (AvgIpc) is 2.82. The summed E-state index contributed by atoms with van der Waals surface area (Å²) in [4.78, 5) is 4.48. The van der Waals surface area contributed by atoms with Gasteiger partial charge in [-0.3, -0.25) is 4.99 Å². The van der Waals surface area contributed by atoms with Gasteiger partial charge in [0.1, 0.15) is 0 Å². The van der Waals surface area contributed by atoms with E-state index >= 15 is 0 Å². The minimum atomic E-state index is 0.736. The molecule has 88 valence electrons. The minimum absolute atomic E-state index is 0.736. The summed E-state index contributed by atoms with van der Waals surface area (Å²) in [7, 11) is 0. The van der Waals surface area contributed by atoms with Gasteiger partial charge in [0.25, 0.3) is 0 Å². The number of fused-ring (bicyclic) bond motifs is 1. The third-order valence-corrected chi connectivity index (χ3v) is 3.30. The molecule has 0 radical (unpaired) electrons. The predicted octanol–water partition coefficient (Wildman–Crippen LogP) is 4.68. The van der Waals surface area contributed by atoms with Crippen molar-refractivity contribution in [3.63, 3.8) is 0 Å². The standard InChI is InChI=1S/C16H12ClN/c17-14-7-9-15(10-8-14)18-11-13-6-5-12-3-1-2-4-16(12)13/h1-4,6-11H,5H2. The molecule has 0 heterocycles. The molecule has 2 heteroatoms. The first-order valence-electron chi connectivity index (χ1n) is 5.91. The first kappa shape index (κ1) is 11.2. The molecule has 0 atom stereocenters. The third kappa shape index (κ3) is 2.22. The Bertz CT molecular complexity index is 624. The van der Waals surface area contributed by atoms with E-state index in [0.717, 1.165) is 17.1 Å². The highest BCUT2D eigenvalue weighted by atomic mass is 35.5. The quantitative estimate of drug-likeness (QED) is 0.689. The summed E-state index contributed by atoms with van der Waals surface area (Å²) < 4.78 is 0. The lowest BCUT2D eigenvalue weighted by molar-refractivity contribution is 1.31. The highest BCUT2D eigenvalue weighted by Gasteiger charge is 2.10. The maximum atomic E-state index is 5.84. The van der Waals surface area contributed by atoms with Crippen molar-refractivity contribution in [2.24, 2.45) is 4.99 Å². The Morgan fingerprint density at radius 1 is 1.00 bits per heavy atom. The van der Waals surface area contributed by atoms with Gasteiger partial charge in [-0.15, -0.1) is 0 Å². The summed E-state index contributed by atoms with van der Waals surface area (Å²) in [5.74, 6) is 0. The number of hydrogen-bond donors (Lipinski definition) is 0. The van der Waals surface area contributed by atoms with Crippen LogP contribution in [0.3, 0.4) is 0 Å². The second-order valence-electron chi connectivity index (χ2n) is 4.26. The topological polar surface area (TPSA) is 12.4 Å². The molecule has 0 N–H and O–H groups in total. The molecule has 0 saturated carbocycles. The largest absolute Gasteiger partial charge is 0.256 e. The van der Waals surface area contributed by atoms with Crippen LogP contribution in [0.2, 0.25) is 5.02 Å². The molecule has 1 aliphatic carbocycles. The van der Waals surface area contributed by atoms with Crippen molar-refractivity contribution in [1.29, 1.82) is 0 Å². The van der Waals surface area contributed by atoms with Crippen LogP contribution in [0.1, 0.15) is 11.1 Å². The summed E-state index contributed by atoms with van der Waals surface area (Å²) in [5, 5.41) is 0.736. The first-order chi connectivity index (χ1) is 8.83. The van der Waals surface area contributed by atoms with Gasteiger partial charge in [-0.2, -0.15) is 0 Å². The van der Waals surface area contributed by atoms with Gasteiger partial charge in [0, 0.05) is 11.2 Å². The number of allylic oxidation sites excluding steroid dienone is 2. The van der Waals surface area contributed by atoms with Crippen LogP contribution in [0.25, 0.3) is 5.57 Å². The van der Waals surface area contributed by atoms with Crippen LogP contribution < -0.4 is 0 Å². The molecule has 0 unspecified atom stereocenters. The van der Waals surface area contributed by atoms with Gasteiger partial charge < -0.3 is 0 Å². The number of halogens is 1. The molecule has 0 aliphatic heterocycles. The Kier molecular flexibility index (Phi) is 2.99. The molecule has 2 aromatic rings. The molecule has 1 aliphatic rings. The van der Waals surface area contributed by atoms with E-state index in [2.05, 4.69) is 35.3 Å². The molecule has 0 spiro atoms. The van der Waals surface area contributed by atoms with Crippen LogP contribution in [0.5, 0.6) is 0 Å². The SMILES string of the molecule is Clc1ccc(N=CC2=CCc3ccccc32)cc1. The van der Waals surface area contributed by atoms with Crippen molar-refractivity contribution in [3.05, 3.63) is 70.8 Å². The summed E-state index contributed by atoms with van der Waals surface area (Å²) in [6.45, 7) is 0. The lowest BCUT2D eigenvalue weighted by Gasteiger charge is -2.00. The minimum Gasteiger partial charge on any atom is -0.256 e. The molecule has 3 rings (SSSR count). The Hall–Kier alpha value is -1.86. The first-order valence-corrected chi connectivity index (χ1v) is 6.29. The van der Waals surface area contributed by atoms with E-state index in [1.807, 2.05) is 30.5 Å². The fourth-order valence-corrected chi connectivity index (χ4v) is 2.23. The van der Waals surface area contributed by atoms with Gasteiger partial charge in [0.15, 0.2) is 0 Å². The summed E-state index contributed by atoms with van der Waals surface area (Å²) >= 11 is 5.84. The molecule has 2 aromatic carbocycles. The van der Waals surface area contributed by atoms with E-state index < -0.39 is 0 Å². The van der Waals surface area contributed by atoms with Crippen molar-refractivity contribution >= 4 is 29.1 Å². The smallest absolute Gasteiger partial charge is 0.0630 e. The second kappa shape index (κ2) is 4.79. The van der Waals surface area contributed by atoms with Gasteiger partial charge in [-0.25, -0.2) is 0 Å². The van der Waals surface area contributed by atoms with Gasteiger partial charge in [-0.1, -0.05) is 41.9 Å². The maximum absolute atomic E-state index is 5.84. The number of aliphatic imine (C=N–C) groups is 1. The summed E-state index contributed by atoms with van der Waals surface area (Å²) in [6, 6.07) is 16.0. The van der Waals surface area contributed by atoms with E-state index in [1.54, 1.807) is 0 Å². The van der Waals surface area contributed by atoms with Gasteiger partial charge in [0.2, 0.25) is 0 Å². The van der Waals surface area contributed by atoms with Crippen molar-refractivity contribution in [1.82, 2.24) is 0 Å². The van der Waals surface area contributed by atoms with Crippen LogP contribution in [-0.2, 0) is 6.42 Å². The van der Waals surface area contributed by atoms with Crippen LogP contribution in [0.4, 0.5) is 5.69 Å². The van der Waals surface area contributed by atoms with Crippen LogP contribution in [-0.4, -0.2) is 6.21 Å². The van der Waals surface area contributed by atoms with Crippen LogP contribution in [0.15, 0.2) is 59.6 Å². The molecule has 0 amide bonds. The Labute approximate surface area is 111 Å². The summed E-state index contributed by atoms with van der Waals surface area (Å²) in [6.07, 6.45) is 5.14. The zero-order valence-corrected chi connectivity index (χ0v) is 10.6. The molecule has 0 fully saturated rings. The second-order valence-corrected chi connectivity index (χ2v) is 4.69. The number of hydrogen-bond acceptors (Lipinski definition) is 1. The predicted molar refractivity (Wildman–Crippen MR) is 77.7 cm³/mol.